The van der Waals surface area contributed by atoms with Gasteiger partial charge in [-0.05, 0) is 37.9 Å². The number of carbonyl (C=O) groups excluding carboxylic acids is 1. The van der Waals surface area contributed by atoms with Crippen molar-refractivity contribution < 1.29 is 4.79 Å². The van der Waals surface area contributed by atoms with Crippen LogP contribution in [0.25, 0.3) is 0 Å². The van der Waals surface area contributed by atoms with E-state index in [2.05, 4.69) is 16.9 Å². The van der Waals surface area contributed by atoms with Crippen molar-refractivity contribution in [3.63, 3.8) is 0 Å². The average Bonchev–Trinajstić information content (AvgIpc) is 2.85. The largest absolute Gasteiger partial charge is 0.303 e. The zero-order valence-electron chi connectivity index (χ0n) is 10.0. The van der Waals surface area contributed by atoms with Crippen LogP contribution in [-0.4, -0.2) is 40.6 Å². The molecule has 1 atom stereocenters. The van der Waals surface area contributed by atoms with E-state index < -0.39 is 0 Å². The minimum absolute atomic E-state index is 0.667. The first-order valence-corrected chi connectivity index (χ1v) is 5.93. The maximum Gasteiger partial charge on any atom is 0.168 e. The molecular weight excluding hydrogens is 202 g/mol. The minimum atomic E-state index is 0.667. The molecule has 1 unspecified atom stereocenters. The quantitative estimate of drug-likeness (QED) is 0.715. The van der Waals surface area contributed by atoms with Crippen molar-refractivity contribution in [1.29, 1.82) is 0 Å². The Morgan fingerprint density at radius 3 is 3.00 bits per heavy atom. The van der Waals surface area contributed by atoms with Gasteiger partial charge in [0, 0.05) is 13.6 Å². The molecule has 0 aliphatic carbocycles. The highest BCUT2D eigenvalue weighted by Crippen LogP contribution is 2.20. The van der Waals surface area contributed by atoms with E-state index in [1.807, 2.05) is 13.1 Å². The number of hydrogen-bond acceptors (Lipinski definition) is 3. The van der Waals surface area contributed by atoms with Gasteiger partial charge in [0.15, 0.2) is 6.29 Å². The van der Waals surface area contributed by atoms with Gasteiger partial charge in [-0.3, -0.25) is 9.48 Å². The number of carbonyl (C=O) groups is 1. The summed E-state index contributed by atoms with van der Waals surface area (Å²) in [4.78, 5) is 13.2. The Hall–Kier alpha value is -1.16. The van der Waals surface area contributed by atoms with Crippen molar-refractivity contribution >= 4 is 6.29 Å². The number of aldehydes is 1. The molecule has 0 amide bonds. The summed E-state index contributed by atoms with van der Waals surface area (Å²) in [6.45, 7) is 5.71. The first-order chi connectivity index (χ1) is 7.72. The maximum absolute atomic E-state index is 10.7. The number of aryl methyl sites for hydroxylation is 1. The molecule has 0 bridgehead atoms. The molecule has 0 saturated carbocycles. The van der Waals surface area contributed by atoms with Crippen molar-refractivity contribution in [2.45, 2.75) is 19.8 Å². The molecule has 1 aromatic rings. The van der Waals surface area contributed by atoms with Crippen LogP contribution in [-0.2, 0) is 13.5 Å². The molecule has 4 heteroatoms. The molecule has 4 nitrogen and oxygen atoms in total. The molecule has 1 saturated heterocycles. The van der Waals surface area contributed by atoms with Crippen LogP contribution < -0.4 is 0 Å². The van der Waals surface area contributed by atoms with Crippen LogP contribution in [0, 0.1) is 5.92 Å². The lowest BCUT2D eigenvalue weighted by atomic mass is 10.0. The smallest absolute Gasteiger partial charge is 0.168 e. The second kappa shape index (κ2) is 4.78. The van der Waals surface area contributed by atoms with Gasteiger partial charge in [-0.2, -0.15) is 5.10 Å². The second-order valence-corrected chi connectivity index (χ2v) is 4.55. The summed E-state index contributed by atoms with van der Waals surface area (Å²) in [5.41, 5.74) is 1.72. The first kappa shape index (κ1) is 11.3. The lowest BCUT2D eigenvalue weighted by Gasteiger charge is -2.11. The summed E-state index contributed by atoms with van der Waals surface area (Å²) >= 11 is 0. The Balaban J connectivity index is 1.96. The van der Waals surface area contributed by atoms with Gasteiger partial charge in [0.2, 0.25) is 0 Å². The Kier molecular flexibility index (Phi) is 3.39. The van der Waals surface area contributed by atoms with Crippen molar-refractivity contribution in [1.82, 2.24) is 14.7 Å². The predicted molar refractivity (Wildman–Crippen MR) is 62.5 cm³/mol. The van der Waals surface area contributed by atoms with E-state index in [4.69, 9.17) is 0 Å². The number of likely N-dealkylation sites (tertiary alicyclic amines) is 1. The Bertz CT molecular complexity index is 372. The number of aromatic nitrogens is 2. The fraction of sp³-hybridized carbons (Fsp3) is 0.667. The van der Waals surface area contributed by atoms with Gasteiger partial charge in [0.25, 0.3) is 0 Å². The van der Waals surface area contributed by atoms with E-state index in [1.54, 1.807) is 4.68 Å². The summed E-state index contributed by atoms with van der Waals surface area (Å²) in [7, 11) is 1.82. The summed E-state index contributed by atoms with van der Waals surface area (Å²) < 4.78 is 1.66. The van der Waals surface area contributed by atoms with Gasteiger partial charge in [0.05, 0.1) is 5.69 Å². The van der Waals surface area contributed by atoms with Gasteiger partial charge in [0.1, 0.15) is 5.69 Å². The third-order valence-corrected chi connectivity index (χ3v) is 3.40. The molecule has 1 aliphatic rings. The highest BCUT2D eigenvalue weighted by Gasteiger charge is 2.22. The van der Waals surface area contributed by atoms with Gasteiger partial charge in [-0.15, -0.1) is 0 Å². The van der Waals surface area contributed by atoms with Crippen LogP contribution in [0.15, 0.2) is 6.07 Å². The van der Waals surface area contributed by atoms with Crippen LogP contribution in [0.3, 0.4) is 0 Å². The third kappa shape index (κ3) is 2.32. The fourth-order valence-electron chi connectivity index (χ4n) is 2.42. The third-order valence-electron chi connectivity index (χ3n) is 3.40. The number of nitrogens with zero attached hydrogens (tertiary/aromatic N) is 3. The molecular formula is C12H19N3O. The summed E-state index contributed by atoms with van der Waals surface area (Å²) in [6, 6.07) is 1.90. The SMILES string of the molecule is CCN1CCC(Cc2cc(C=O)n(C)n2)C1. The normalized spacial score (nSPS) is 21.5. The molecule has 2 rings (SSSR count). The van der Waals surface area contributed by atoms with E-state index in [-0.39, 0.29) is 0 Å². The summed E-state index contributed by atoms with van der Waals surface area (Å²) in [5.74, 6) is 0.703. The Morgan fingerprint density at radius 1 is 1.62 bits per heavy atom. The van der Waals surface area contributed by atoms with Gasteiger partial charge in [-0.25, -0.2) is 0 Å². The van der Waals surface area contributed by atoms with E-state index in [0.29, 0.717) is 11.6 Å². The van der Waals surface area contributed by atoms with E-state index in [9.17, 15) is 4.79 Å². The monoisotopic (exact) mass is 221 g/mol. The lowest BCUT2D eigenvalue weighted by molar-refractivity contribution is 0.111. The first-order valence-electron chi connectivity index (χ1n) is 5.93. The van der Waals surface area contributed by atoms with E-state index in [1.165, 1.54) is 19.5 Å². The van der Waals surface area contributed by atoms with Gasteiger partial charge >= 0.3 is 0 Å². The van der Waals surface area contributed by atoms with E-state index in [0.717, 1.165) is 24.9 Å². The molecule has 1 aromatic heterocycles. The van der Waals surface area contributed by atoms with Crippen LogP contribution in [0.2, 0.25) is 0 Å². The molecule has 0 aromatic carbocycles. The predicted octanol–water partition coefficient (Wildman–Crippen LogP) is 1.12. The zero-order valence-corrected chi connectivity index (χ0v) is 10.0. The van der Waals surface area contributed by atoms with Gasteiger partial charge in [-0.1, -0.05) is 6.92 Å². The average molecular weight is 221 g/mol. The van der Waals surface area contributed by atoms with Crippen LogP contribution in [0.5, 0.6) is 0 Å². The maximum atomic E-state index is 10.7. The highest BCUT2D eigenvalue weighted by atomic mass is 16.1. The molecule has 1 fully saturated rings. The molecule has 2 heterocycles. The molecule has 0 N–H and O–H groups in total. The Labute approximate surface area is 96.2 Å². The topological polar surface area (TPSA) is 38.1 Å². The summed E-state index contributed by atoms with van der Waals surface area (Å²) in [6.07, 6.45) is 3.11. The molecule has 0 radical (unpaired) electrons. The second-order valence-electron chi connectivity index (χ2n) is 4.55. The molecule has 88 valence electrons. The van der Waals surface area contributed by atoms with Crippen LogP contribution >= 0.6 is 0 Å². The standard InChI is InChI=1S/C12H19N3O/c1-3-15-5-4-10(8-15)6-11-7-12(9-16)14(2)13-11/h7,9-10H,3-6,8H2,1-2H3. The highest BCUT2D eigenvalue weighted by molar-refractivity contribution is 5.72. The van der Waals surface area contributed by atoms with Crippen molar-refractivity contribution in [2.75, 3.05) is 19.6 Å². The molecule has 0 spiro atoms. The van der Waals surface area contributed by atoms with Crippen LogP contribution in [0.4, 0.5) is 0 Å². The van der Waals surface area contributed by atoms with Gasteiger partial charge < -0.3 is 4.90 Å². The minimum Gasteiger partial charge on any atom is -0.303 e. The molecule has 1 aliphatic heterocycles. The van der Waals surface area contributed by atoms with Crippen molar-refractivity contribution in [3.8, 4) is 0 Å². The van der Waals surface area contributed by atoms with Crippen molar-refractivity contribution in [2.24, 2.45) is 13.0 Å². The molecule has 16 heavy (non-hydrogen) atoms. The number of hydrogen-bond donors (Lipinski definition) is 0. The van der Waals surface area contributed by atoms with Crippen LogP contribution in [0.1, 0.15) is 29.5 Å². The van der Waals surface area contributed by atoms with Crippen molar-refractivity contribution in [3.05, 3.63) is 17.5 Å². The summed E-state index contributed by atoms with van der Waals surface area (Å²) in [5, 5.41) is 4.36. The zero-order chi connectivity index (χ0) is 11.5. The Morgan fingerprint density at radius 2 is 2.44 bits per heavy atom. The lowest BCUT2D eigenvalue weighted by Crippen LogP contribution is -2.20. The number of rotatable bonds is 4. The fourth-order valence-corrected chi connectivity index (χ4v) is 2.42. The van der Waals surface area contributed by atoms with E-state index >= 15 is 0 Å².